The van der Waals surface area contributed by atoms with Gasteiger partial charge in [0.2, 0.25) is 6.41 Å². The number of pyridine rings is 1. The molecule has 2 heterocycles. The standard InChI is InChI=1S/C8H6N2O2.C3H7NO/c11-8(12)6-1-2-7-9-3-4-10(7)5-6;1-4(2)3-5/h1-5H,(H,11,12);3H,1-2H3. The third-order valence-electron chi connectivity index (χ3n) is 1.85. The molecule has 6 heteroatoms. The van der Waals surface area contributed by atoms with Crippen LogP contribution in [0.15, 0.2) is 30.7 Å². The number of imidazole rings is 1. The molecule has 0 saturated carbocycles. The highest BCUT2D eigenvalue weighted by atomic mass is 16.4. The lowest BCUT2D eigenvalue weighted by atomic mass is 10.3. The molecule has 90 valence electrons. The summed E-state index contributed by atoms with van der Waals surface area (Å²) in [5, 5.41) is 8.65. The number of carboxylic acids is 1. The van der Waals surface area contributed by atoms with Gasteiger partial charge in [0.25, 0.3) is 0 Å². The Balaban J connectivity index is 0.000000249. The van der Waals surface area contributed by atoms with Gasteiger partial charge in [0, 0.05) is 32.7 Å². The Bertz CT molecular complexity index is 519. The van der Waals surface area contributed by atoms with Gasteiger partial charge in [-0.3, -0.25) is 4.79 Å². The van der Waals surface area contributed by atoms with Crippen LogP contribution in [0.1, 0.15) is 10.4 Å². The fourth-order valence-electron chi connectivity index (χ4n) is 1.05. The Morgan fingerprint density at radius 3 is 2.65 bits per heavy atom. The molecule has 0 spiro atoms. The molecule has 0 atom stereocenters. The Morgan fingerprint density at radius 2 is 2.12 bits per heavy atom. The molecule has 1 N–H and O–H groups in total. The molecule has 0 aliphatic carbocycles. The van der Waals surface area contributed by atoms with Crippen LogP contribution in [-0.4, -0.2) is 45.9 Å². The number of hydrogen-bond acceptors (Lipinski definition) is 3. The van der Waals surface area contributed by atoms with Crippen molar-refractivity contribution in [2.45, 2.75) is 0 Å². The summed E-state index contributed by atoms with van der Waals surface area (Å²) < 4.78 is 1.67. The number of fused-ring (bicyclic) bond motifs is 1. The van der Waals surface area contributed by atoms with Crippen molar-refractivity contribution in [3.63, 3.8) is 0 Å². The zero-order valence-electron chi connectivity index (χ0n) is 9.57. The molecule has 0 aromatic carbocycles. The van der Waals surface area contributed by atoms with E-state index in [1.807, 2.05) is 0 Å². The van der Waals surface area contributed by atoms with Crippen molar-refractivity contribution >= 4 is 18.0 Å². The average Bonchev–Trinajstić information content (AvgIpc) is 2.76. The molecular weight excluding hydrogens is 222 g/mol. The topological polar surface area (TPSA) is 74.9 Å². The molecule has 0 saturated heterocycles. The van der Waals surface area contributed by atoms with E-state index in [-0.39, 0.29) is 5.56 Å². The number of aromatic carboxylic acids is 1. The van der Waals surface area contributed by atoms with Gasteiger partial charge in [-0.2, -0.15) is 0 Å². The van der Waals surface area contributed by atoms with Gasteiger partial charge in [0.05, 0.1) is 5.56 Å². The Hall–Kier alpha value is -2.37. The van der Waals surface area contributed by atoms with E-state index in [9.17, 15) is 9.59 Å². The predicted molar refractivity (Wildman–Crippen MR) is 61.9 cm³/mol. The lowest BCUT2D eigenvalue weighted by molar-refractivity contribution is -0.115. The van der Waals surface area contributed by atoms with Crippen LogP contribution in [0.4, 0.5) is 0 Å². The Kier molecular flexibility index (Phi) is 4.21. The van der Waals surface area contributed by atoms with Crippen LogP contribution in [0.25, 0.3) is 5.65 Å². The molecule has 0 fully saturated rings. The van der Waals surface area contributed by atoms with E-state index in [1.54, 1.807) is 37.0 Å². The van der Waals surface area contributed by atoms with Crippen molar-refractivity contribution in [1.82, 2.24) is 14.3 Å². The second-order valence-electron chi connectivity index (χ2n) is 3.48. The number of amides is 1. The van der Waals surface area contributed by atoms with E-state index < -0.39 is 5.97 Å². The SMILES string of the molecule is CN(C)C=O.O=C(O)c1ccc2nccn2c1. The van der Waals surface area contributed by atoms with Crippen LogP contribution >= 0.6 is 0 Å². The fourth-order valence-corrected chi connectivity index (χ4v) is 1.05. The predicted octanol–water partition coefficient (Wildman–Crippen LogP) is 0.737. The molecule has 2 aromatic rings. The summed E-state index contributed by atoms with van der Waals surface area (Å²) in [6, 6.07) is 3.20. The minimum Gasteiger partial charge on any atom is -0.478 e. The summed E-state index contributed by atoms with van der Waals surface area (Å²) in [5.41, 5.74) is 1.01. The van der Waals surface area contributed by atoms with E-state index in [2.05, 4.69) is 4.98 Å². The zero-order chi connectivity index (χ0) is 12.8. The summed E-state index contributed by atoms with van der Waals surface area (Å²) in [7, 11) is 3.38. The second-order valence-corrected chi connectivity index (χ2v) is 3.48. The summed E-state index contributed by atoms with van der Waals surface area (Å²) in [6.45, 7) is 0. The summed E-state index contributed by atoms with van der Waals surface area (Å²) in [5.74, 6) is -0.925. The quantitative estimate of drug-likeness (QED) is 0.779. The minimum atomic E-state index is -0.925. The summed E-state index contributed by atoms with van der Waals surface area (Å²) >= 11 is 0. The van der Waals surface area contributed by atoms with Crippen molar-refractivity contribution in [2.75, 3.05) is 14.1 Å². The monoisotopic (exact) mass is 235 g/mol. The first-order valence-electron chi connectivity index (χ1n) is 4.82. The van der Waals surface area contributed by atoms with Crippen LogP contribution < -0.4 is 0 Å². The van der Waals surface area contributed by atoms with E-state index in [4.69, 9.17) is 5.11 Å². The van der Waals surface area contributed by atoms with Gasteiger partial charge in [0.15, 0.2) is 0 Å². The highest BCUT2D eigenvalue weighted by Crippen LogP contribution is 2.03. The Labute approximate surface area is 98.1 Å². The molecule has 6 nitrogen and oxygen atoms in total. The largest absolute Gasteiger partial charge is 0.478 e. The smallest absolute Gasteiger partial charge is 0.337 e. The van der Waals surface area contributed by atoms with E-state index in [1.165, 1.54) is 17.2 Å². The molecule has 0 bridgehead atoms. The third kappa shape index (κ3) is 3.60. The van der Waals surface area contributed by atoms with Gasteiger partial charge in [-0.1, -0.05) is 0 Å². The van der Waals surface area contributed by atoms with Gasteiger partial charge in [0.1, 0.15) is 5.65 Å². The van der Waals surface area contributed by atoms with Crippen LogP contribution in [0.3, 0.4) is 0 Å². The van der Waals surface area contributed by atoms with Crippen molar-refractivity contribution < 1.29 is 14.7 Å². The first-order valence-corrected chi connectivity index (χ1v) is 4.82. The maximum absolute atomic E-state index is 10.5. The van der Waals surface area contributed by atoms with Gasteiger partial charge in [-0.25, -0.2) is 9.78 Å². The maximum Gasteiger partial charge on any atom is 0.337 e. The van der Waals surface area contributed by atoms with Crippen LogP contribution in [0, 0.1) is 0 Å². The number of aromatic nitrogens is 2. The number of nitrogens with zero attached hydrogens (tertiary/aromatic N) is 3. The molecule has 0 aliphatic rings. The molecule has 17 heavy (non-hydrogen) atoms. The van der Waals surface area contributed by atoms with Gasteiger partial charge in [-0.15, -0.1) is 0 Å². The lowest BCUT2D eigenvalue weighted by Gasteiger charge is -1.95. The number of rotatable bonds is 2. The molecule has 2 aromatic heterocycles. The van der Waals surface area contributed by atoms with Crippen molar-refractivity contribution in [3.8, 4) is 0 Å². The number of hydrogen-bond donors (Lipinski definition) is 1. The van der Waals surface area contributed by atoms with Crippen molar-refractivity contribution in [2.24, 2.45) is 0 Å². The Morgan fingerprint density at radius 1 is 1.47 bits per heavy atom. The molecule has 0 radical (unpaired) electrons. The fraction of sp³-hybridized carbons (Fsp3) is 0.182. The second kappa shape index (κ2) is 5.64. The normalized spacial score (nSPS) is 9.29. The van der Waals surface area contributed by atoms with Crippen molar-refractivity contribution in [1.29, 1.82) is 0 Å². The molecule has 2 rings (SSSR count). The van der Waals surface area contributed by atoms with Crippen LogP contribution in [0.2, 0.25) is 0 Å². The first kappa shape index (κ1) is 12.7. The maximum atomic E-state index is 10.5. The summed E-state index contributed by atoms with van der Waals surface area (Å²) in [6.07, 6.45) is 5.62. The van der Waals surface area contributed by atoms with Gasteiger partial charge in [-0.05, 0) is 12.1 Å². The highest BCUT2D eigenvalue weighted by molar-refractivity contribution is 5.87. The van der Waals surface area contributed by atoms with Gasteiger partial charge < -0.3 is 14.4 Å². The van der Waals surface area contributed by atoms with Crippen molar-refractivity contribution in [3.05, 3.63) is 36.3 Å². The third-order valence-corrected chi connectivity index (χ3v) is 1.85. The first-order chi connectivity index (χ1) is 8.04. The van der Waals surface area contributed by atoms with Crippen LogP contribution in [0.5, 0.6) is 0 Å². The number of carboxylic acid groups (broad SMARTS) is 1. The zero-order valence-corrected chi connectivity index (χ0v) is 9.57. The van der Waals surface area contributed by atoms with E-state index in [0.29, 0.717) is 0 Å². The highest BCUT2D eigenvalue weighted by Gasteiger charge is 2.02. The summed E-state index contributed by atoms with van der Waals surface area (Å²) in [4.78, 5) is 25.4. The van der Waals surface area contributed by atoms with Crippen LogP contribution in [-0.2, 0) is 4.79 Å². The molecule has 1 amide bonds. The molecular formula is C11H13N3O3. The lowest BCUT2D eigenvalue weighted by Crippen LogP contribution is -2.06. The average molecular weight is 235 g/mol. The van der Waals surface area contributed by atoms with Gasteiger partial charge >= 0.3 is 5.97 Å². The minimum absolute atomic E-state index is 0.264. The number of carbonyl (C=O) groups excluding carboxylic acids is 1. The molecule has 0 aliphatic heterocycles. The van der Waals surface area contributed by atoms with E-state index >= 15 is 0 Å². The van der Waals surface area contributed by atoms with E-state index in [0.717, 1.165) is 12.1 Å². The number of carbonyl (C=O) groups is 2. The molecule has 0 unspecified atom stereocenters.